The lowest BCUT2D eigenvalue weighted by Crippen LogP contribution is -2.13. The highest BCUT2D eigenvalue weighted by Gasteiger charge is 2.19. The lowest BCUT2D eigenvalue weighted by Gasteiger charge is -2.10. The molecular weight excluding hydrogens is 351 g/mol. The Morgan fingerprint density at radius 2 is 2.05 bits per heavy atom. The third-order valence-electron chi connectivity index (χ3n) is 2.85. The molecule has 0 unspecified atom stereocenters. The predicted molar refractivity (Wildman–Crippen MR) is 84.1 cm³/mol. The van der Waals surface area contributed by atoms with Crippen molar-refractivity contribution in [1.29, 1.82) is 0 Å². The average Bonchev–Trinajstić information content (AvgIpc) is 2.93. The summed E-state index contributed by atoms with van der Waals surface area (Å²) < 4.78 is 1.58. The molecule has 3 aromatic rings. The molecule has 6 nitrogen and oxygen atoms in total. The van der Waals surface area contributed by atoms with E-state index in [0.717, 1.165) is 0 Å². The number of carbonyl (C=O) groups is 1. The van der Waals surface area contributed by atoms with Crippen molar-refractivity contribution < 1.29 is 9.90 Å². The fraction of sp³-hybridized carbons (Fsp3) is 0. The monoisotopic (exact) mass is 356 g/mol. The number of carbonyl (C=O) groups excluding carboxylic acids is 1. The third kappa shape index (κ3) is 2.56. The molecule has 0 aliphatic rings. The summed E-state index contributed by atoms with van der Waals surface area (Å²) in [5.41, 5.74) is 0.0273. The number of benzene rings is 1. The van der Waals surface area contributed by atoms with Crippen LogP contribution in [0.4, 0.5) is 5.69 Å². The second-order valence-corrected chi connectivity index (χ2v) is 5.48. The van der Waals surface area contributed by atoms with Gasteiger partial charge in [0, 0.05) is 18.6 Å². The highest BCUT2D eigenvalue weighted by atomic mass is 35.5. The first kappa shape index (κ1) is 14.9. The normalized spacial score (nSPS) is 10.9. The second-order valence-electron chi connectivity index (χ2n) is 4.29. The molecule has 2 aromatic heterocycles. The van der Waals surface area contributed by atoms with E-state index in [4.69, 9.17) is 34.8 Å². The van der Waals surface area contributed by atoms with Gasteiger partial charge in [-0.05, 0) is 12.1 Å². The van der Waals surface area contributed by atoms with Crippen molar-refractivity contribution in [2.75, 3.05) is 5.32 Å². The highest BCUT2D eigenvalue weighted by molar-refractivity contribution is 6.46. The van der Waals surface area contributed by atoms with E-state index in [1.54, 1.807) is 22.9 Å². The van der Waals surface area contributed by atoms with Gasteiger partial charge in [0.15, 0.2) is 5.75 Å². The van der Waals surface area contributed by atoms with Crippen LogP contribution in [0.5, 0.6) is 5.75 Å². The Bertz CT molecular complexity index is 835. The van der Waals surface area contributed by atoms with Crippen LogP contribution in [-0.4, -0.2) is 25.4 Å². The zero-order valence-electron chi connectivity index (χ0n) is 10.7. The number of aromatic nitrogens is 3. The van der Waals surface area contributed by atoms with Crippen LogP contribution in [-0.2, 0) is 0 Å². The number of rotatable bonds is 2. The van der Waals surface area contributed by atoms with Gasteiger partial charge in [0.1, 0.15) is 11.4 Å². The van der Waals surface area contributed by atoms with Gasteiger partial charge < -0.3 is 10.4 Å². The number of aromatic hydroxyl groups is 1. The van der Waals surface area contributed by atoms with Crippen molar-refractivity contribution in [2.24, 2.45) is 0 Å². The Kier molecular flexibility index (Phi) is 3.82. The quantitative estimate of drug-likeness (QED) is 0.542. The van der Waals surface area contributed by atoms with Crippen molar-refractivity contribution in [1.82, 2.24) is 14.4 Å². The Morgan fingerprint density at radius 1 is 1.27 bits per heavy atom. The Labute approximate surface area is 139 Å². The van der Waals surface area contributed by atoms with Crippen LogP contribution in [0, 0.1) is 0 Å². The van der Waals surface area contributed by atoms with Crippen LogP contribution >= 0.6 is 34.8 Å². The van der Waals surface area contributed by atoms with Crippen molar-refractivity contribution in [2.45, 2.75) is 0 Å². The number of anilines is 1. The Hall–Kier alpha value is -2.02. The number of halogens is 3. The van der Waals surface area contributed by atoms with Crippen molar-refractivity contribution >= 4 is 52.2 Å². The summed E-state index contributed by atoms with van der Waals surface area (Å²) in [5.74, 6) is -0.584. The summed E-state index contributed by atoms with van der Waals surface area (Å²) in [6.45, 7) is 0. The first-order valence-corrected chi connectivity index (χ1v) is 7.08. The number of nitrogens with zero attached hydrogens (tertiary/aromatic N) is 3. The molecule has 0 aliphatic carbocycles. The minimum Gasteiger partial charge on any atom is -0.504 e. The number of imidazole rings is 1. The van der Waals surface area contributed by atoms with E-state index in [-0.39, 0.29) is 32.2 Å². The molecule has 0 radical (unpaired) electrons. The van der Waals surface area contributed by atoms with Crippen LogP contribution in [0.2, 0.25) is 15.1 Å². The Balaban J connectivity index is 1.98. The third-order valence-corrected chi connectivity index (χ3v) is 3.93. The minimum absolute atomic E-state index is 0.0150. The summed E-state index contributed by atoms with van der Waals surface area (Å²) in [6.07, 6.45) is 4.76. The molecule has 112 valence electrons. The van der Waals surface area contributed by atoms with Crippen molar-refractivity contribution in [3.8, 4) is 5.75 Å². The summed E-state index contributed by atoms with van der Waals surface area (Å²) in [5, 5.41) is 12.4. The lowest BCUT2D eigenvalue weighted by molar-refractivity contribution is 0.102. The van der Waals surface area contributed by atoms with Gasteiger partial charge >= 0.3 is 0 Å². The molecule has 0 atom stereocenters. The molecule has 0 fully saturated rings. The molecule has 0 saturated heterocycles. The van der Waals surface area contributed by atoms with Crippen LogP contribution in [0.25, 0.3) is 5.78 Å². The number of amides is 1. The highest BCUT2D eigenvalue weighted by Crippen LogP contribution is 2.42. The van der Waals surface area contributed by atoms with Crippen molar-refractivity contribution in [3.05, 3.63) is 51.5 Å². The molecule has 0 aliphatic heterocycles. The fourth-order valence-electron chi connectivity index (χ4n) is 1.82. The number of nitrogens with one attached hydrogen (secondary N) is 1. The summed E-state index contributed by atoms with van der Waals surface area (Å²) in [4.78, 5) is 20.3. The van der Waals surface area contributed by atoms with E-state index in [0.29, 0.717) is 5.78 Å². The lowest BCUT2D eigenvalue weighted by atomic mass is 10.2. The molecule has 3 rings (SSSR count). The zero-order chi connectivity index (χ0) is 15.9. The van der Waals surface area contributed by atoms with Gasteiger partial charge in [-0.3, -0.25) is 9.20 Å². The van der Waals surface area contributed by atoms with Gasteiger partial charge in [-0.25, -0.2) is 9.97 Å². The molecule has 9 heteroatoms. The number of hydrogen-bond donors (Lipinski definition) is 2. The first-order chi connectivity index (χ1) is 10.5. The van der Waals surface area contributed by atoms with E-state index in [1.165, 1.54) is 12.3 Å². The van der Waals surface area contributed by atoms with Gasteiger partial charge in [0.25, 0.3) is 5.91 Å². The maximum atomic E-state index is 12.2. The minimum atomic E-state index is -0.582. The van der Waals surface area contributed by atoms with Crippen LogP contribution < -0.4 is 5.32 Å². The summed E-state index contributed by atoms with van der Waals surface area (Å²) in [7, 11) is 0. The average molecular weight is 358 g/mol. The number of hydrogen-bond acceptors (Lipinski definition) is 4. The van der Waals surface area contributed by atoms with E-state index in [2.05, 4.69) is 15.3 Å². The molecule has 2 heterocycles. The van der Waals surface area contributed by atoms with E-state index in [1.807, 2.05) is 0 Å². The molecule has 0 spiro atoms. The van der Waals surface area contributed by atoms with Gasteiger partial charge in [-0.2, -0.15) is 0 Å². The second kappa shape index (κ2) is 5.64. The van der Waals surface area contributed by atoms with Gasteiger partial charge in [0.05, 0.1) is 15.1 Å². The van der Waals surface area contributed by atoms with Crippen LogP contribution in [0.15, 0.2) is 30.7 Å². The standard InChI is InChI=1S/C13H7Cl3N4O2/c14-6-4-7(15)11(21)10(9(6)16)19-12(22)8-5-20-3-1-2-17-13(20)18-8/h1-5,21H,(H,19,22). The van der Waals surface area contributed by atoms with Gasteiger partial charge in [-0.1, -0.05) is 34.8 Å². The molecule has 22 heavy (non-hydrogen) atoms. The molecule has 2 N–H and O–H groups in total. The van der Waals surface area contributed by atoms with Crippen LogP contribution in [0.3, 0.4) is 0 Å². The molecule has 0 bridgehead atoms. The molecule has 1 aromatic carbocycles. The van der Waals surface area contributed by atoms with Crippen molar-refractivity contribution in [3.63, 3.8) is 0 Å². The molecule has 0 saturated carbocycles. The van der Waals surface area contributed by atoms with E-state index >= 15 is 0 Å². The molecular formula is C13H7Cl3N4O2. The largest absolute Gasteiger partial charge is 0.504 e. The first-order valence-electron chi connectivity index (χ1n) is 5.95. The topological polar surface area (TPSA) is 79.5 Å². The summed E-state index contributed by atoms with van der Waals surface area (Å²) in [6, 6.07) is 2.99. The van der Waals surface area contributed by atoms with Gasteiger partial charge in [-0.15, -0.1) is 0 Å². The zero-order valence-corrected chi connectivity index (χ0v) is 13.0. The number of phenols is 1. The SMILES string of the molecule is O=C(Nc1c(O)c(Cl)cc(Cl)c1Cl)c1cn2cccnc2n1. The number of fused-ring (bicyclic) bond motifs is 1. The summed E-state index contributed by atoms with van der Waals surface area (Å²) >= 11 is 17.7. The predicted octanol–water partition coefficient (Wildman–Crippen LogP) is 3.65. The maximum absolute atomic E-state index is 12.2. The molecule has 1 amide bonds. The van der Waals surface area contributed by atoms with Gasteiger partial charge in [0.2, 0.25) is 5.78 Å². The maximum Gasteiger partial charge on any atom is 0.276 e. The van der Waals surface area contributed by atoms with E-state index < -0.39 is 5.91 Å². The number of phenolic OH excluding ortho intramolecular Hbond substituents is 1. The fourth-order valence-corrected chi connectivity index (χ4v) is 2.47. The smallest absolute Gasteiger partial charge is 0.276 e. The van der Waals surface area contributed by atoms with E-state index in [9.17, 15) is 9.90 Å². The Morgan fingerprint density at radius 3 is 2.77 bits per heavy atom. The van der Waals surface area contributed by atoms with Crippen LogP contribution in [0.1, 0.15) is 10.5 Å².